The molecule has 2 atom stereocenters. The Labute approximate surface area is 113 Å². The highest BCUT2D eigenvalue weighted by molar-refractivity contribution is 9.28. The summed E-state index contributed by atoms with van der Waals surface area (Å²) in [7, 11) is 0. The van der Waals surface area contributed by atoms with Crippen molar-refractivity contribution >= 4 is 37.6 Å². The normalized spacial score (nSPS) is 32.1. The summed E-state index contributed by atoms with van der Waals surface area (Å²) in [6, 6.07) is 0. The number of carbonyl (C=O) groups is 1. The fourth-order valence-electron chi connectivity index (χ4n) is 2.18. The topological polar surface area (TPSA) is 17.1 Å². The second-order valence-electron chi connectivity index (χ2n) is 5.95. The van der Waals surface area contributed by atoms with Crippen molar-refractivity contribution in [3.63, 3.8) is 0 Å². The molecule has 1 aliphatic rings. The largest absolute Gasteiger partial charge is 0.295 e. The van der Waals surface area contributed by atoms with Gasteiger partial charge >= 0.3 is 0 Å². The van der Waals surface area contributed by atoms with E-state index in [1.807, 2.05) is 0 Å². The van der Waals surface area contributed by atoms with Gasteiger partial charge in [-0.3, -0.25) is 4.79 Å². The molecule has 0 aromatic rings. The fraction of sp³-hybridized carbons (Fsp3) is 0.750. The predicted octanol–water partition coefficient (Wildman–Crippen LogP) is 4.60. The van der Waals surface area contributed by atoms with Crippen LogP contribution in [0.5, 0.6) is 0 Å². The van der Waals surface area contributed by atoms with E-state index in [9.17, 15) is 9.18 Å². The molecule has 0 spiro atoms. The van der Waals surface area contributed by atoms with Gasteiger partial charge in [0.15, 0.2) is 11.5 Å². The van der Waals surface area contributed by atoms with Gasteiger partial charge in [-0.15, -0.1) is 0 Å². The Hall–Kier alpha value is 0.300. The lowest BCUT2D eigenvalue weighted by Crippen LogP contribution is -2.35. The molecule has 16 heavy (non-hydrogen) atoms. The number of allylic oxidation sites excluding steroid dienone is 1. The van der Waals surface area contributed by atoms with Crippen LogP contribution in [0.15, 0.2) is 9.47 Å². The first-order chi connectivity index (χ1) is 6.95. The Morgan fingerprint density at radius 3 is 2.06 bits per heavy atom. The van der Waals surface area contributed by atoms with Crippen LogP contribution >= 0.6 is 31.9 Å². The van der Waals surface area contributed by atoms with Gasteiger partial charge in [0.05, 0.1) is 3.39 Å². The summed E-state index contributed by atoms with van der Waals surface area (Å²) in [4.78, 5) is 12.1. The van der Waals surface area contributed by atoms with Gasteiger partial charge in [-0.05, 0) is 31.9 Å². The lowest BCUT2D eigenvalue weighted by Gasteiger charge is -2.21. The molecule has 1 saturated carbocycles. The standard InChI is InChI=1S/C12H17Br2FO/c1-10(2,3)9(16)12(15)7(6-8(13)14)11(12,4)5/h6-7H,1-5H3/t7-,12-/m1/s1. The Morgan fingerprint density at radius 1 is 1.31 bits per heavy atom. The van der Waals surface area contributed by atoms with E-state index >= 15 is 0 Å². The maximum atomic E-state index is 14.8. The molecule has 0 amide bonds. The minimum Gasteiger partial charge on any atom is -0.295 e. The second-order valence-corrected chi connectivity index (χ2v) is 8.72. The second kappa shape index (κ2) is 3.91. The zero-order valence-corrected chi connectivity index (χ0v) is 13.4. The summed E-state index contributed by atoms with van der Waals surface area (Å²) >= 11 is 6.44. The maximum Gasteiger partial charge on any atom is 0.181 e. The van der Waals surface area contributed by atoms with Crippen molar-refractivity contribution in [2.45, 2.75) is 40.3 Å². The van der Waals surface area contributed by atoms with Crippen molar-refractivity contribution in [3.05, 3.63) is 9.47 Å². The highest BCUT2D eigenvalue weighted by atomic mass is 79.9. The number of carbonyl (C=O) groups excluding carboxylic acids is 1. The molecule has 1 fully saturated rings. The van der Waals surface area contributed by atoms with Crippen LogP contribution in [0.25, 0.3) is 0 Å². The van der Waals surface area contributed by atoms with Gasteiger partial charge in [-0.2, -0.15) is 0 Å². The van der Waals surface area contributed by atoms with Crippen LogP contribution in [0.4, 0.5) is 4.39 Å². The van der Waals surface area contributed by atoms with Crippen molar-refractivity contribution in [1.82, 2.24) is 0 Å². The maximum absolute atomic E-state index is 14.8. The van der Waals surface area contributed by atoms with Crippen LogP contribution in [0.3, 0.4) is 0 Å². The van der Waals surface area contributed by atoms with Gasteiger partial charge < -0.3 is 0 Å². The minimum atomic E-state index is -1.74. The van der Waals surface area contributed by atoms with E-state index < -0.39 is 16.5 Å². The minimum absolute atomic E-state index is 0.312. The fourth-order valence-corrected chi connectivity index (χ4v) is 2.71. The van der Waals surface area contributed by atoms with Crippen LogP contribution in [0.1, 0.15) is 34.6 Å². The first kappa shape index (κ1) is 14.4. The van der Waals surface area contributed by atoms with Crippen LogP contribution in [0, 0.1) is 16.7 Å². The molecule has 0 unspecified atom stereocenters. The van der Waals surface area contributed by atoms with Gasteiger partial charge in [-0.1, -0.05) is 40.7 Å². The summed E-state index contributed by atoms with van der Waals surface area (Å²) in [5, 5.41) is 0. The first-order valence-corrected chi connectivity index (χ1v) is 6.81. The Balaban J connectivity index is 3.06. The third-order valence-electron chi connectivity index (χ3n) is 3.36. The molecule has 92 valence electrons. The highest BCUT2D eigenvalue weighted by Crippen LogP contribution is 2.67. The number of halogens is 3. The number of rotatable bonds is 2. The van der Waals surface area contributed by atoms with E-state index in [0.29, 0.717) is 3.39 Å². The molecule has 0 N–H and O–H groups in total. The predicted molar refractivity (Wildman–Crippen MR) is 71.5 cm³/mol. The van der Waals surface area contributed by atoms with Crippen LogP contribution in [-0.2, 0) is 4.79 Å². The molecular formula is C12H17Br2FO. The van der Waals surface area contributed by atoms with Gasteiger partial charge in [-0.25, -0.2) is 4.39 Å². The molecule has 0 bridgehead atoms. The number of hydrogen-bond acceptors (Lipinski definition) is 1. The van der Waals surface area contributed by atoms with Crippen molar-refractivity contribution in [2.75, 3.05) is 0 Å². The molecule has 4 heteroatoms. The van der Waals surface area contributed by atoms with Crippen LogP contribution in [0.2, 0.25) is 0 Å². The molecule has 1 nitrogen and oxygen atoms in total. The van der Waals surface area contributed by atoms with E-state index in [0.717, 1.165) is 0 Å². The Kier molecular flexibility index (Phi) is 3.51. The smallest absolute Gasteiger partial charge is 0.181 e. The van der Waals surface area contributed by atoms with Gasteiger partial charge in [0, 0.05) is 16.7 Å². The monoisotopic (exact) mass is 354 g/mol. The molecule has 1 rings (SSSR count). The lowest BCUT2D eigenvalue weighted by molar-refractivity contribution is -0.134. The SMILES string of the molecule is CC(C)(C)C(=O)[C@]1(F)[C@H](C=C(Br)Br)C1(C)C. The number of hydrogen-bond donors (Lipinski definition) is 0. The van der Waals surface area contributed by atoms with Gasteiger partial charge in [0.25, 0.3) is 0 Å². The van der Waals surface area contributed by atoms with Crippen molar-refractivity contribution in [3.8, 4) is 0 Å². The summed E-state index contributed by atoms with van der Waals surface area (Å²) < 4.78 is 15.5. The molecular weight excluding hydrogens is 339 g/mol. The number of ketones is 1. The summed E-state index contributed by atoms with van der Waals surface area (Å²) in [5.41, 5.74) is -3.00. The zero-order valence-electron chi connectivity index (χ0n) is 10.2. The summed E-state index contributed by atoms with van der Waals surface area (Å²) in [5.74, 6) is -0.673. The average Bonchev–Trinajstić information content (AvgIpc) is 2.48. The van der Waals surface area contributed by atoms with E-state index in [4.69, 9.17) is 0 Å². The first-order valence-electron chi connectivity index (χ1n) is 5.22. The van der Waals surface area contributed by atoms with E-state index in [-0.39, 0.29) is 11.7 Å². The van der Waals surface area contributed by atoms with Crippen molar-refractivity contribution in [1.29, 1.82) is 0 Å². The molecule has 0 heterocycles. The average molecular weight is 356 g/mol. The molecule has 0 radical (unpaired) electrons. The summed E-state index contributed by atoms with van der Waals surface area (Å²) in [6.07, 6.45) is 1.73. The Morgan fingerprint density at radius 2 is 1.75 bits per heavy atom. The molecule has 1 aliphatic carbocycles. The third kappa shape index (κ3) is 2.03. The van der Waals surface area contributed by atoms with Gasteiger partial charge in [0.1, 0.15) is 0 Å². The zero-order chi connectivity index (χ0) is 12.9. The quantitative estimate of drug-likeness (QED) is 0.707. The van der Waals surface area contributed by atoms with E-state index in [1.165, 1.54) is 0 Å². The highest BCUT2D eigenvalue weighted by Gasteiger charge is 2.77. The Bertz CT molecular complexity index is 351. The lowest BCUT2D eigenvalue weighted by atomic mass is 9.84. The third-order valence-corrected chi connectivity index (χ3v) is 3.89. The van der Waals surface area contributed by atoms with Crippen molar-refractivity contribution in [2.24, 2.45) is 16.7 Å². The van der Waals surface area contributed by atoms with E-state index in [1.54, 1.807) is 40.7 Å². The van der Waals surface area contributed by atoms with Crippen LogP contribution in [-0.4, -0.2) is 11.5 Å². The van der Waals surface area contributed by atoms with E-state index in [2.05, 4.69) is 31.9 Å². The summed E-state index contributed by atoms with van der Waals surface area (Å²) in [6.45, 7) is 8.86. The molecule has 0 aromatic heterocycles. The number of alkyl halides is 1. The molecule has 0 saturated heterocycles. The van der Waals surface area contributed by atoms with Crippen molar-refractivity contribution < 1.29 is 9.18 Å². The molecule has 0 aromatic carbocycles. The number of Topliss-reactive ketones (excluding diaryl/α,β-unsaturated/α-hetero) is 1. The van der Waals surface area contributed by atoms with Gasteiger partial charge in [0.2, 0.25) is 0 Å². The molecule has 0 aliphatic heterocycles. The van der Waals surface area contributed by atoms with Crippen LogP contribution < -0.4 is 0 Å².